The number of nitrogens with one attached hydrogen (secondary N) is 1. The molecule has 1 amide bonds. The summed E-state index contributed by atoms with van der Waals surface area (Å²) in [6, 6.07) is 3.33. The van der Waals surface area contributed by atoms with Gasteiger partial charge in [-0.1, -0.05) is 48.7 Å². The maximum absolute atomic E-state index is 13.1. The normalized spacial score (nSPS) is 15.7. The fraction of sp³-hybridized carbons (Fsp3) is 0.471. The molecule has 27 heavy (non-hydrogen) atoms. The van der Waals surface area contributed by atoms with Gasteiger partial charge < -0.3 is 9.73 Å². The molecule has 1 aromatic heterocycles. The molecule has 0 aliphatic heterocycles. The van der Waals surface area contributed by atoms with Gasteiger partial charge in [0.1, 0.15) is 0 Å². The second-order valence-electron chi connectivity index (χ2n) is 6.24. The van der Waals surface area contributed by atoms with E-state index >= 15 is 0 Å². The van der Waals surface area contributed by atoms with Crippen molar-refractivity contribution in [3.8, 4) is 0 Å². The average molecular weight is 420 g/mol. The van der Waals surface area contributed by atoms with Crippen molar-refractivity contribution in [2.45, 2.75) is 49.4 Å². The molecular weight excluding hydrogens is 403 g/mol. The molecule has 1 aliphatic rings. The lowest BCUT2D eigenvalue weighted by molar-refractivity contribution is -0.137. The zero-order chi connectivity index (χ0) is 19.4. The van der Waals surface area contributed by atoms with Crippen LogP contribution in [0.25, 0.3) is 0 Å². The van der Waals surface area contributed by atoms with Gasteiger partial charge in [0, 0.05) is 5.92 Å². The highest BCUT2D eigenvalue weighted by Gasteiger charge is 2.34. The molecule has 1 fully saturated rings. The molecule has 3 rings (SSSR count). The molecule has 1 N–H and O–H groups in total. The number of aromatic nitrogens is 2. The highest BCUT2D eigenvalue weighted by molar-refractivity contribution is 7.99. The molecule has 1 saturated carbocycles. The first-order valence-electron chi connectivity index (χ1n) is 8.46. The lowest BCUT2D eigenvalue weighted by Crippen LogP contribution is -2.18. The Bertz CT molecular complexity index is 807. The van der Waals surface area contributed by atoms with Crippen LogP contribution < -0.4 is 5.32 Å². The monoisotopic (exact) mass is 419 g/mol. The van der Waals surface area contributed by atoms with Crippen molar-refractivity contribution in [1.29, 1.82) is 0 Å². The van der Waals surface area contributed by atoms with Gasteiger partial charge in [-0.3, -0.25) is 4.79 Å². The number of nitrogens with zero attached hydrogens (tertiary/aromatic N) is 2. The first-order valence-corrected chi connectivity index (χ1v) is 9.82. The molecule has 0 unspecified atom stereocenters. The maximum Gasteiger partial charge on any atom is 0.418 e. The third-order valence-electron chi connectivity index (χ3n) is 4.29. The summed E-state index contributed by atoms with van der Waals surface area (Å²) in [7, 11) is 0. The maximum atomic E-state index is 13.1. The summed E-state index contributed by atoms with van der Waals surface area (Å²) in [4.78, 5) is 12.1. The van der Waals surface area contributed by atoms with Crippen molar-refractivity contribution in [2.75, 3.05) is 11.1 Å². The molecule has 1 heterocycles. The van der Waals surface area contributed by atoms with Crippen molar-refractivity contribution >= 4 is 35.0 Å². The lowest BCUT2D eigenvalue weighted by atomic mass is 9.89. The van der Waals surface area contributed by atoms with Crippen LogP contribution in [0.5, 0.6) is 0 Å². The van der Waals surface area contributed by atoms with Crippen LogP contribution in [0.2, 0.25) is 5.02 Å². The Hall–Kier alpha value is -1.74. The van der Waals surface area contributed by atoms with E-state index in [1.165, 1.54) is 18.6 Å². The zero-order valence-electron chi connectivity index (χ0n) is 14.2. The van der Waals surface area contributed by atoms with Crippen molar-refractivity contribution in [3.63, 3.8) is 0 Å². The van der Waals surface area contributed by atoms with Gasteiger partial charge in [0.05, 0.1) is 22.0 Å². The Labute approximate surface area is 163 Å². The number of carbonyl (C=O) groups is 1. The van der Waals surface area contributed by atoms with Crippen LogP contribution in [-0.2, 0) is 11.0 Å². The third-order valence-corrected chi connectivity index (χ3v) is 5.42. The summed E-state index contributed by atoms with van der Waals surface area (Å²) in [6.45, 7) is 0. The number of hydrogen-bond acceptors (Lipinski definition) is 5. The average Bonchev–Trinajstić information content (AvgIpc) is 3.10. The summed E-state index contributed by atoms with van der Waals surface area (Å²) in [5.74, 6) is -0.0135. The SMILES string of the molecule is O=C(CSc1nnc(C2CCCCC2)o1)Nc1c(Cl)cccc1C(F)(F)F. The third kappa shape index (κ3) is 5.16. The van der Waals surface area contributed by atoms with Gasteiger partial charge in [-0.25, -0.2) is 0 Å². The minimum atomic E-state index is -4.62. The lowest BCUT2D eigenvalue weighted by Gasteiger charge is -2.17. The minimum Gasteiger partial charge on any atom is -0.416 e. The Kier molecular flexibility index (Phi) is 6.31. The van der Waals surface area contributed by atoms with E-state index in [0.29, 0.717) is 5.89 Å². The van der Waals surface area contributed by atoms with Gasteiger partial charge in [-0.05, 0) is 25.0 Å². The summed E-state index contributed by atoms with van der Waals surface area (Å²) < 4.78 is 44.8. The molecule has 5 nitrogen and oxygen atoms in total. The smallest absolute Gasteiger partial charge is 0.416 e. The number of carbonyl (C=O) groups excluding carboxylic acids is 1. The Morgan fingerprint density at radius 3 is 2.70 bits per heavy atom. The molecule has 1 aromatic carbocycles. The van der Waals surface area contributed by atoms with Crippen LogP contribution in [0.15, 0.2) is 27.8 Å². The predicted molar refractivity (Wildman–Crippen MR) is 95.9 cm³/mol. The molecule has 0 atom stereocenters. The fourth-order valence-corrected chi connectivity index (χ4v) is 3.77. The Balaban J connectivity index is 1.60. The number of rotatable bonds is 5. The van der Waals surface area contributed by atoms with E-state index in [2.05, 4.69) is 15.5 Å². The second-order valence-corrected chi connectivity index (χ2v) is 7.57. The Morgan fingerprint density at radius 1 is 1.26 bits per heavy atom. The number of benzene rings is 1. The van der Waals surface area contributed by atoms with Gasteiger partial charge in [-0.15, -0.1) is 10.2 Å². The van der Waals surface area contributed by atoms with Gasteiger partial charge in [0.25, 0.3) is 5.22 Å². The van der Waals surface area contributed by atoms with E-state index in [1.807, 2.05) is 0 Å². The van der Waals surface area contributed by atoms with Crippen LogP contribution in [0.1, 0.15) is 49.5 Å². The summed E-state index contributed by atoms with van der Waals surface area (Å²) >= 11 is 6.80. The standard InChI is InChI=1S/C17H17ClF3N3O2S/c18-12-8-4-7-11(17(19,20)21)14(12)22-13(25)9-27-16-24-23-15(26-16)10-5-2-1-3-6-10/h4,7-8,10H,1-3,5-6,9H2,(H,22,25). The van der Waals surface area contributed by atoms with Crippen LogP contribution >= 0.6 is 23.4 Å². The predicted octanol–water partition coefficient (Wildman–Crippen LogP) is 5.52. The molecular formula is C17H17ClF3N3O2S. The topological polar surface area (TPSA) is 68.0 Å². The summed E-state index contributed by atoms with van der Waals surface area (Å²) in [5.41, 5.74) is -1.45. The minimum absolute atomic E-state index is 0.172. The molecule has 10 heteroatoms. The van der Waals surface area contributed by atoms with Gasteiger partial charge in [0.15, 0.2) is 0 Å². The molecule has 0 radical (unpaired) electrons. The Morgan fingerprint density at radius 2 is 2.00 bits per heavy atom. The second kappa shape index (κ2) is 8.52. The summed E-state index contributed by atoms with van der Waals surface area (Å²) in [6.07, 6.45) is 0.823. The van der Waals surface area contributed by atoms with Crippen molar-refractivity contribution < 1.29 is 22.4 Å². The van der Waals surface area contributed by atoms with E-state index in [1.54, 1.807) is 0 Å². The number of thioether (sulfide) groups is 1. The largest absolute Gasteiger partial charge is 0.418 e. The van der Waals surface area contributed by atoms with E-state index < -0.39 is 23.3 Å². The number of para-hydroxylation sites is 1. The first kappa shape index (κ1) is 20.0. The summed E-state index contributed by atoms with van der Waals surface area (Å²) in [5, 5.41) is 10.2. The highest BCUT2D eigenvalue weighted by atomic mass is 35.5. The van der Waals surface area contributed by atoms with E-state index in [-0.39, 0.29) is 21.9 Å². The van der Waals surface area contributed by atoms with Crippen LogP contribution in [0, 0.1) is 0 Å². The number of halogens is 4. The van der Waals surface area contributed by atoms with Crippen LogP contribution in [0.4, 0.5) is 18.9 Å². The van der Waals surface area contributed by atoms with E-state index in [0.717, 1.165) is 43.5 Å². The quantitative estimate of drug-likeness (QED) is 0.646. The van der Waals surface area contributed by atoms with Crippen LogP contribution in [-0.4, -0.2) is 21.9 Å². The zero-order valence-corrected chi connectivity index (χ0v) is 15.8. The number of alkyl halides is 3. The van der Waals surface area contributed by atoms with E-state index in [9.17, 15) is 18.0 Å². The molecule has 0 bridgehead atoms. The van der Waals surface area contributed by atoms with E-state index in [4.69, 9.17) is 16.0 Å². The molecule has 0 spiro atoms. The van der Waals surface area contributed by atoms with Gasteiger partial charge in [-0.2, -0.15) is 13.2 Å². The number of amides is 1. The molecule has 146 valence electrons. The van der Waals surface area contributed by atoms with Crippen molar-refractivity contribution in [2.24, 2.45) is 0 Å². The van der Waals surface area contributed by atoms with Crippen LogP contribution in [0.3, 0.4) is 0 Å². The number of anilines is 1. The van der Waals surface area contributed by atoms with Crippen molar-refractivity contribution in [3.05, 3.63) is 34.7 Å². The fourth-order valence-electron chi connectivity index (χ4n) is 2.98. The van der Waals surface area contributed by atoms with Gasteiger partial charge in [0.2, 0.25) is 11.8 Å². The number of hydrogen-bond donors (Lipinski definition) is 1. The van der Waals surface area contributed by atoms with Gasteiger partial charge >= 0.3 is 6.18 Å². The highest BCUT2D eigenvalue weighted by Crippen LogP contribution is 2.38. The molecule has 2 aromatic rings. The first-order chi connectivity index (χ1) is 12.8. The molecule has 1 aliphatic carbocycles. The van der Waals surface area contributed by atoms with Crippen molar-refractivity contribution in [1.82, 2.24) is 10.2 Å². The molecule has 0 saturated heterocycles.